The Morgan fingerprint density at radius 1 is 1.11 bits per heavy atom. The third kappa shape index (κ3) is 5.74. The molecule has 1 fully saturated rings. The van der Waals surface area contributed by atoms with E-state index in [9.17, 15) is 9.59 Å². The van der Waals surface area contributed by atoms with Crippen LogP contribution in [0.4, 0.5) is 10.5 Å². The van der Waals surface area contributed by atoms with Crippen LogP contribution in [0.5, 0.6) is 0 Å². The number of methoxy groups -OCH3 is 1. The number of carbonyl (C=O) groups excluding carboxylic acids is 2. The van der Waals surface area contributed by atoms with Crippen LogP contribution in [0.15, 0.2) is 24.3 Å². The van der Waals surface area contributed by atoms with E-state index in [2.05, 4.69) is 4.90 Å². The van der Waals surface area contributed by atoms with Crippen molar-refractivity contribution < 1.29 is 19.1 Å². The molecule has 1 aromatic rings. The number of ether oxygens (including phenoxy) is 2. The van der Waals surface area contributed by atoms with E-state index in [1.165, 1.54) is 7.11 Å². The second-order valence-electron chi connectivity index (χ2n) is 7.57. The molecular formula is C21H30N2O4. The smallest absolute Gasteiger partial charge is 0.410 e. The maximum absolute atomic E-state index is 12.4. The molecule has 0 bridgehead atoms. The number of esters is 1. The fourth-order valence-corrected chi connectivity index (χ4v) is 3.07. The van der Waals surface area contributed by atoms with Crippen molar-refractivity contribution in [3.8, 4) is 0 Å². The molecule has 0 radical (unpaired) electrons. The molecule has 1 aromatic carbocycles. The van der Waals surface area contributed by atoms with E-state index in [0.29, 0.717) is 25.2 Å². The highest BCUT2D eigenvalue weighted by atomic mass is 16.6. The number of nitrogens with zero attached hydrogens (tertiary/aromatic N) is 2. The molecule has 2 rings (SSSR count). The van der Waals surface area contributed by atoms with E-state index in [1.807, 2.05) is 52.0 Å². The fourth-order valence-electron chi connectivity index (χ4n) is 3.07. The lowest BCUT2D eigenvalue weighted by Crippen LogP contribution is -2.39. The van der Waals surface area contributed by atoms with Crippen molar-refractivity contribution in [1.29, 1.82) is 0 Å². The molecule has 0 N–H and O–H groups in total. The summed E-state index contributed by atoms with van der Waals surface area (Å²) in [6, 6.07) is 5.58. The van der Waals surface area contributed by atoms with Crippen LogP contribution < -0.4 is 4.90 Å². The Morgan fingerprint density at radius 2 is 1.85 bits per heavy atom. The molecule has 0 atom stereocenters. The molecule has 6 nitrogen and oxygen atoms in total. The predicted octanol–water partition coefficient (Wildman–Crippen LogP) is 3.95. The number of hydrogen-bond acceptors (Lipinski definition) is 5. The summed E-state index contributed by atoms with van der Waals surface area (Å²) in [6.45, 7) is 10.4. The molecule has 6 heteroatoms. The molecule has 0 spiro atoms. The molecule has 1 aliphatic rings. The monoisotopic (exact) mass is 374 g/mol. The molecule has 0 aliphatic carbocycles. The zero-order valence-electron chi connectivity index (χ0n) is 16.9. The SMILES string of the molecule is CC=Cc1cc(C(=O)OC)ccc1N1CCCN(C(=O)OC(C)(C)C)CC1. The van der Waals surface area contributed by atoms with E-state index in [0.717, 1.165) is 24.2 Å². The van der Waals surface area contributed by atoms with E-state index in [4.69, 9.17) is 9.47 Å². The Labute approximate surface area is 161 Å². The van der Waals surface area contributed by atoms with Gasteiger partial charge in [0.1, 0.15) is 5.60 Å². The molecule has 0 saturated carbocycles. The van der Waals surface area contributed by atoms with Crippen LogP contribution >= 0.6 is 0 Å². The molecule has 148 valence electrons. The minimum Gasteiger partial charge on any atom is -0.465 e. The number of rotatable bonds is 3. The van der Waals surface area contributed by atoms with Crippen LogP contribution in [0, 0.1) is 0 Å². The summed E-state index contributed by atoms with van der Waals surface area (Å²) in [4.78, 5) is 28.2. The van der Waals surface area contributed by atoms with Crippen molar-refractivity contribution in [3.63, 3.8) is 0 Å². The first-order valence-electron chi connectivity index (χ1n) is 9.33. The standard InChI is InChI=1S/C21H30N2O4/c1-6-8-16-15-17(19(24)26-5)9-10-18(16)22-11-7-12-23(14-13-22)20(25)27-21(2,3)4/h6,8-10,15H,7,11-14H2,1-5H3. The third-order valence-electron chi connectivity index (χ3n) is 4.28. The summed E-state index contributed by atoms with van der Waals surface area (Å²) in [6.07, 6.45) is 4.52. The fraction of sp³-hybridized carbons (Fsp3) is 0.524. The average molecular weight is 374 g/mol. The van der Waals surface area contributed by atoms with Crippen LogP contribution in [0.2, 0.25) is 0 Å². The molecule has 1 amide bonds. The minimum absolute atomic E-state index is 0.265. The van der Waals surface area contributed by atoms with Gasteiger partial charge < -0.3 is 19.3 Å². The Morgan fingerprint density at radius 3 is 2.48 bits per heavy atom. The minimum atomic E-state index is -0.494. The second kappa shape index (κ2) is 8.93. The molecule has 1 aliphatic heterocycles. The maximum Gasteiger partial charge on any atom is 0.410 e. The first-order chi connectivity index (χ1) is 12.7. The van der Waals surface area contributed by atoms with E-state index >= 15 is 0 Å². The number of carbonyl (C=O) groups is 2. The van der Waals surface area contributed by atoms with Gasteiger partial charge in [-0.1, -0.05) is 12.2 Å². The summed E-state index contributed by atoms with van der Waals surface area (Å²) < 4.78 is 10.3. The van der Waals surface area contributed by atoms with Crippen LogP contribution in [-0.2, 0) is 9.47 Å². The lowest BCUT2D eigenvalue weighted by Gasteiger charge is -2.27. The van der Waals surface area contributed by atoms with E-state index in [1.54, 1.807) is 11.0 Å². The molecule has 0 unspecified atom stereocenters. The Bertz CT molecular complexity index is 707. The second-order valence-corrected chi connectivity index (χ2v) is 7.57. The van der Waals surface area contributed by atoms with Crippen LogP contribution in [0.3, 0.4) is 0 Å². The topological polar surface area (TPSA) is 59.1 Å². The Hall–Kier alpha value is -2.50. The van der Waals surface area contributed by atoms with Gasteiger partial charge in [0.2, 0.25) is 0 Å². The highest BCUT2D eigenvalue weighted by Crippen LogP contribution is 2.25. The van der Waals surface area contributed by atoms with Gasteiger partial charge in [-0.15, -0.1) is 0 Å². The zero-order chi connectivity index (χ0) is 20.0. The highest BCUT2D eigenvalue weighted by molar-refractivity contribution is 5.91. The van der Waals surface area contributed by atoms with Gasteiger partial charge in [0.05, 0.1) is 12.7 Å². The molecule has 1 heterocycles. The average Bonchev–Trinajstić information content (AvgIpc) is 2.86. The zero-order valence-corrected chi connectivity index (χ0v) is 16.9. The van der Waals surface area contributed by atoms with Crippen molar-refractivity contribution in [3.05, 3.63) is 35.4 Å². The first kappa shape index (κ1) is 20.8. The number of anilines is 1. The lowest BCUT2D eigenvalue weighted by atomic mass is 10.1. The summed E-state index contributed by atoms with van der Waals surface area (Å²) in [5.41, 5.74) is 2.05. The molecule has 27 heavy (non-hydrogen) atoms. The summed E-state index contributed by atoms with van der Waals surface area (Å²) in [5, 5.41) is 0. The van der Waals surface area contributed by atoms with E-state index < -0.39 is 5.60 Å². The normalized spacial score (nSPS) is 15.6. The van der Waals surface area contributed by atoms with Gasteiger partial charge in [-0.05, 0) is 57.9 Å². The molecule has 1 saturated heterocycles. The van der Waals surface area contributed by atoms with Gasteiger partial charge in [-0.2, -0.15) is 0 Å². The van der Waals surface area contributed by atoms with Gasteiger partial charge in [0, 0.05) is 31.9 Å². The summed E-state index contributed by atoms with van der Waals surface area (Å²) in [5.74, 6) is -0.348. The van der Waals surface area contributed by atoms with Crippen molar-refractivity contribution in [2.24, 2.45) is 0 Å². The van der Waals surface area contributed by atoms with E-state index in [-0.39, 0.29) is 12.1 Å². The van der Waals surface area contributed by atoms with Crippen molar-refractivity contribution >= 4 is 23.8 Å². The van der Waals surface area contributed by atoms with Crippen LogP contribution in [0.25, 0.3) is 6.08 Å². The van der Waals surface area contributed by atoms with Crippen molar-refractivity contribution in [1.82, 2.24) is 4.90 Å². The highest BCUT2D eigenvalue weighted by Gasteiger charge is 2.25. The van der Waals surface area contributed by atoms with Gasteiger partial charge in [0.25, 0.3) is 0 Å². The van der Waals surface area contributed by atoms with Gasteiger partial charge in [-0.25, -0.2) is 9.59 Å². The molecule has 0 aromatic heterocycles. The van der Waals surface area contributed by atoms with Crippen LogP contribution in [0.1, 0.15) is 50.0 Å². The number of benzene rings is 1. The molecular weight excluding hydrogens is 344 g/mol. The summed E-state index contributed by atoms with van der Waals surface area (Å²) in [7, 11) is 1.38. The maximum atomic E-state index is 12.4. The van der Waals surface area contributed by atoms with Crippen molar-refractivity contribution in [2.45, 2.75) is 39.7 Å². The lowest BCUT2D eigenvalue weighted by molar-refractivity contribution is 0.0263. The number of allylic oxidation sites excluding steroid dienone is 1. The van der Waals surface area contributed by atoms with Gasteiger partial charge in [-0.3, -0.25) is 0 Å². The number of amides is 1. The van der Waals surface area contributed by atoms with Crippen molar-refractivity contribution in [2.75, 3.05) is 38.2 Å². The van der Waals surface area contributed by atoms with Gasteiger partial charge >= 0.3 is 12.1 Å². The number of hydrogen-bond donors (Lipinski definition) is 0. The largest absolute Gasteiger partial charge is 0.465 e. The van der Waals surface area contributed by atoms with Gasteiger partial charge in [0.15, 0.2) is 0 Å². The predicted molar refractivity (Wildman–Crippen MR) is 107 cm³/mol. The quantitative estimate of drug-likeness (QED) is 0.750. The first-order valence-corrected chi connectivity index (χ1v) is 9.33. The Kier molecular flexibility index (Phi) is 6.88. The Balaban J connectivity index is 2.17. The summed E-state index contributed by atoms with van der Waals surface area (Å²) >= 11 is 0. The van der Waals surface area contributed by atoms with Crippen LogP contribution in [-0.4, -0.2) is 55.9 Å². The third-order valence-corrected chi connectivity index (χ3v) is 4.28.